The van der Waals surface area contributed by atoms with E-state index < -0.39 is 0 Å². The second kappa shape index (κ2) is 8.76. The zero-order valence-electron chi connectivity index (χ0n) is 14.2. The average Bonchev–Trinajstić information content (AvgIpc) is 2.53. The second-order valence-electron chi connectivity index (χ2n) is 6.40. The lowest BCUT2D eigenvalue weighted by Gasteiger charge is -2.36. The van der Waals surface area contributed by atoms with Crippen LogP contribution in [0.3, 0.4) is 0 Å². The molecule has 1 aromatic rings. The Balaban J connectivity index is 2.19. The van der Waals surface area contributed by atoms with Gasteiger partial charge in [-0.05, 0) is 24.1 Å². The van der Waals surface area contributed by atoms with Gasteiger partial charge >= 0.3 is 0 Å². The Labute approximate surface area is 140 Å². The maximum atomic E-state index is 6.63. The lowest BCUT2D eigenvalue weighted by molar-refractivity contribution is 0.163. The molecule has 1 N–H and O–H groups in total. The Morgan fingerprint density at radius 2 is 1.95 bits per heavy atom. The van der Waals surface area contributed by atoms with Crippen molar-refractivity contribution < 1.29 is 0 Å². The zero-order chi connectivity index (χ0) is 15.9. The summed E-state index contributed by atoms with van der Waals surface area (Å²) in [5.74, 6) is 0. The van der Waals surface area contributed by atoms with Crippen molar-refractivity contribution in [2.24, 2.45) is 0 Å². The summed E-state index contributed by atoms with van der Waals surface area (Å²) in [4.78, 5) is 4.70. The molecule has 0 unspecified atom stereocenters. The lowest BCUT2D eigenvalue weighted by Crippen LogP contribution is -2.45. The summed E-state index contributed by atoms with van der Waals surface area (Å²) >= 11 is 6.63. The van der Waals surface area contributed by atoms with Crippen molar-refractivity contribution in [3.63, 3.8) is 0 Å². The van der Waals surface area contributed by atoms with Crippen LogP contribution in [0.25, 0.3) is 0 Å². The number of nitrogens with zero attached hydrogens (tertiary/aromatic N) is 2. The highest BCUT2D eigenvalue weighted by Gasteiger charge is 2.23. The van der Waals surface area contributed by atoms with E-state index in [1.165, 1.54) is 36.9 Å². The van der Waals surface area contributed by atoms with Crippen LogP contribution in [0.4, 0.5) is 5.69 Å². The third kappa shape index (κ3) is 4.61. The summed E-state index contributed by atoms with van der Waals surface area (Å²) in [6.45, 7) is 6.65. The SMILES string of the molecule is CCCCC[C@H](c1ccc(N(C)C)cc1Cl)N1CCNCC1. The first-order valence-corrected chi connectivity index (χ1v) is 8.92. The summed E-state index contributed by atoms with van der Waals surface area (Å²) < 4.78 is 0. The summed E-state index contributed by atoms with van der Waals surface area (Å²) in [7, 11) is 4.11. The topological polar surface area (TPSA) is 18.5 Å². The van der Waals surface area contributed by atoms with Crippen LogP contribution in [0, 0.1) is 0 Å². The summed E-state index contributed by atoms with van der Waals surface area (Å²) in [6, 6.07) is 6.98. The molecule has 124 valence electrons. The Bertz CT molecular complexity index is 456. The molecule has 1 heterocycles. The normalized spacial score (nSPS) is 17.5. The molecule has 0 aliphatic carbocycles. The first-order valence-electron chi connectivity index (χ1n) is 8.55. The molecule has 0 bridgehead atoms. The van der Waals surface area contributed by atoms with E-state index in [0.717, 1.165) is 31.2 Å². The average molecular weight is 324 g/mol. The van der Waals surface area contributed by atoms with Crippen LogP contribution >= 0.6 is 11.6 Å². The molecule has 1 aliphatic heterocycles. The van der Waals surface area contributed by atoms with Crippen molar-refractivity contribution in [2.75, 3.05) is 45.2 Å². The summed E-state index contributed by atoms with van der Waals surface area (Å²) in [5, 5.41) is 4.35. The molecule has 3 nitrogen and oxygen atoms in total. The third-order valence-corrected chi connectivity index (χ3v) is 4.86. The van der Waals surface area contributed by atoms with Crippen LogP contribution in [0.5, 0.6) is 0 Å². The van der Waals surface area contributed by atoms with E-state index in [2.05, 4.69) is 54.3 Å². The quantitative estimate of drug-likeness (QED) is 0.767. The number of hydrogen-bond acceptors (Lipinski definition) is 3. The van der Waals surface area contributed by atoms with E-state index in [4.69, 9.17) is 11.6 Å². The van der Waals surface area contributed by atoms with Gasteiger partial charge in [-0.15, -0.1) is 0 Å². The predicted molar refractivity (Wildman–Crippen MR) is 97.1 cm³/mol. The minimum Gasteiger partial charge on any atom is -0.378 e. The van der Waals surface area contributed by atoms with E-state index in [1.807, 2.05) is 0 Å². The van der Waals surface area contributed by atoms with Gasteiger partial charge < -0.3 is 10.2 Å². The molecule has 0 spiro atoms. The van der Waals surface area contributed by atoms with Crippen LogP contribution in [0.1, 0.15) is 44.2 Å². The van der Waals surface area contributed by atoms with Crippen LogP contribution in [0.15, 0.2) is 18.2 Å². The zero-order valence-corrected chi connectivity index (χ0v) is 15.0. The molecular formula is C18H30ClN3. The number of benzene rings is 1. The van der Waals surface area contributed by atoms with Gasteiger partial charge in [0, 0.05) is 57.0 Å². The third-order valence-electron chi connectivity index (χ3n) is 4.53. The van der Waals surface area contributed by atoms with E-state index in [-0.39, 0.29) is 0 Å². The van der Waals surface area contributed by atoms with Crippen molar-refractivity contribution >= 4 is 17.3 Å². The van der Waals surface area contributed by atoms with Crippen molar-refractivity contribution in [3.8, 4) is 0 Å². The van der Waals surface area contributed by atoms with E-state index in [0.29, 0.717) is 6.04 Å². The minimum absolute atomic E-state index is 0.456. The number of nitrogens with one attached hydrogen (secondary N) is 1. The molecule has 0 aromatic heterocycles. The van der Waals surface area contributed by atoms with Crippen LogP contribution in [0.2, 0.25) is 5.02 Å². The van der Waals surface area contributed by atoms with Gasteiger partial charge in [-0.25, -0.2) is 0 Å². The maximum absolute atomic E-state index is 6.63. The molecule has 1 saturated heterocycles. The van der Waals surface area contributed by atoms with Gasteiger partial charge in [-0.1, -0.05) is 43.9 Å². The molecule has 1 aromatic carbocycles. The summed E-state index contributed by atoms with van der Waals surface area (Å²) in [6.07, 6.45) is 5.04. The summed E-state index contributed by atoms with van der Waals surface area (Å²) in [5.41, 5.74) is 2.46. The number of unbranched alkanes of at least 4 members (excludes halogenated alkanes) is 2. The molecule has 2 rings (SSSR count). The fourth-order valence-electron chi connectivity index (χ4n) is 3.18. The Hall–Kier alpha value is -0.770. The molecule has 0 saturated carbocycles. The highest BCUT2D eigenvalue weighted by atomic mass is 35.5. The fourth-order valence-corrected chi connectivity index (χ4v) is 3.48. The Morgan fingerprint density at radius 3 is 2.55 bits per heavy atom. The molecule has 0 amide bonds. The largest absolute Gasteiger partial charge is 0.378 e. The smallest absolute Gasteiger partial charge is 0.0474 e. The van der Waals surface area contributed by atoms with Crippen LogP contribution in [-0.4, -0.2) is 45.2 Å². The highest BCUT2D eigenvalue weighted by Crippen LogP contribution is 2.34. The molecular weight excluding hydrogens is 294 g/mol. The van der Waals surface area contributed by atoms with Gasteiger partial charge in [0.25, 0.3) is 0 Å². The maximum Gasteiger partial charge on any atom is 0.0474 e. The van der Waals surface area contributed by atoms with Gasteiger partial charge in [0.2, 0.25) is 0 Å². The predicted octanol–water partition coefficient (Wildman–Crippen LogP) is 3.93. The van der Waals surface area contributed by atoms with E-state index in [1.54, 1.807) is 0 Å². The van der Waals surface area contributed by atoms with Crippen molar-refractivity contribution in [2.45, 2.75) is 38.6 Å². The van der Waals surface area contributed by atoms with E-state index in [9.17, 15) is 0 Å². The number of anilines is 1. The molecule has 22 heavy (non-hydrogen) atoms. The van der Waals surface area contributed by atoms with Crippen LogP contribution in [-0.2, 0) is 0 Å². The number of hydrogen-bond donors (Lipinski definition) is 1. The van der Waals surface area contributed by atoms with Crippen molar-refractivity contribution in [1.29, 1.82) is 0 Å². The first kappa shape index (κ1) is 17.6. The van der Waals surface area contributed by atoms with Gasteiger partial charge in [0.1, 0.15) is 0 Å². The Morgan fingerprint density at radius 1 is 1.23 bits per heavy atom. The fraction of sp³-hybridized carbons (Fsp3) is 0.667. The van der Waals surface area contributed by atoms with Crippen molar-refractivity contribution in [3.05, 3.63) is 28.8 Å². The second-order valence-corrected chi connectivity index (χ2v) is 6.80. The van der Waals surface area contributed by atoms with Gasteiger partial charge in [-0.3, -0.25) is 4.90 Å². The molecule has 0 radical (unpaired) electrons. The number of rotatable bonds is 7. The van der Waals surface area contributed by atoms with Gasteiger partial charge in [0.15, 0.2) is 0 Å². The number of piperazine rings is 1. The standard InChI is InChI=1S/C18H30ClN3/c1-4-5-6-7-18(22-12-10-20-11-13-22)16-9-8-15(21(2)3)14-17(16)19/h8-9,14,18,20H,4-7,10-13H2,1-3H3/t18-/m1/s1. The molecule has 1 fully saturated rings. The minimum atomic E-state index is 0.456. The highest BCUT2D eigenvalue weighted by molar-refractivity contribution is 6.31. The number of halogens is 1. The van der Waals surface area contributed by atoms with Crippen molar-refractivity contribution in [1.82, 2.24) is 10.2 Å². The monoisotopic (exact) mass is 323 g/mol. The Kier molecular flexibility index (Phi) is 7.00. The molecule has 1 aliphatic rings. The van der Waals surface area contributed by atoms with Gasteiger partial charge in [-0.2, -0.15) is 0 Å². The molecule has 4 heteroatoms. The van der Waals surface area contributed by atoms with E-state index >= 15 is 0 Å². The molecule has 1 atom stereocenters. The first-order chi connectivity index (χ1) is 10.6. The van der Waals surface area contributed by atoms with Crippen LogP contribution < -0.4 is 10.2 Å². The van der Waals surface area contributed by atoms with Gasteiger partial charge in [0.05, 0.1) is 0 Å². The lowest BCUT2D eigenvalue weighted by atomic mass is 9.97.